The average Bonchev–Trinajstić information content (AvgIpc) is 2.85. The van der Waals surface area contributed by atoms with E-state index in [0.29, 0.717) is 16.9 Å². The van der Waals surface area contributed by atoms with Crippen LogP contribution in [0.15, 0.2) is 108 Å². The Hall–Kier alpha value is -3.97. The molecule has 4 aromatic rings. The van der Waals surface area contributed by atoms with Crippen molar-refractivity contribution in [2.75, 3.05) is 10.6 Å². The molecule has 4 rings (SSSR count). The number of hydrogen-bond donors (Lipinski definition) is 2. The summed E-state index contributed by atoms with van der Waals surface area (Å²) in [6.07, 6.45) is 0. The molecular formula is C27H20F2N2O2S. The number of nitrogens with one attached hydrogen (secondary N) is 2. The lowest BCUT2D eigenvalue weighted by atomic mass is 10.1. The van der Waals surface area contributed by atoms with E-state index >= 15 is 0 Å². The van der Waals surface area contributed by atoms with Crippen molar-refractivity contribution in [1.29, 1.82) is 0 Å². The maximum atomic E-state index is 13.2. The smallest absolute Gasteiger partial charge is 0.255 e. The molecule has 170 valence electrons. The number of thioether (sulfide) groups is 1. The lowest BCUT2D eigenvalue weighted by Crippen LogP contribution is -2.19. The third-order valence-electron chi connectivity index (χ3n) is 4.90. The van der Waals surface area contributed by atoms with E-state index in [0.717, 1.165) is 10.5 Å². The second-order valence-corrected chi connectivity index (χ2v) is 8.57. The molecule has 1 atom stereocenters. The van der Waals surface area contributed by atoms with Gasteiger partial charge in [0.25, 0.3) is 5.91 Å². The first-order valence-electron chi connectivity index (χ1n) is 10.4. The van der Waals surface area contributed by atoms with Crippen LogP contribution in [0.4, 0.5) is 20.2 Å². The Morgan fingerprint density at radius 3 is 2.00 bits per heavy atom. The van der Waals surface area contributed by atoms with Crippen LogP contribution in [0.5, 0.6) is 0 Å². The van der Waals surface area contributed by atoms with Crippen LogP contribution in [-0.4, -0.2) is 11.8 Å². The minimum absolute atomic E-state index is 0.261. The Morgan fingerprint density at radius 2 is 1.32 bits per heavy atom. The summed E-state index contributed by atoms with van der Waals surface area (Å²) in [5.74, 6) is -1.42. The molecule has 0 bridgehead atoms. The highest BCUT2D eigenvalue weighted by Crippen LogP contribution is 2.37. The lowest BCUT2D eigenvalue weighted by molar-refractivity contribution is -0.115. The summed E-state index contributed by atoms with van der Waals surface area (Å²) in [4.78, 5) is 26.4. The number of carbonyl (C=O) groups is 2. The van der Waals surface area contributed by atoms with Gasteiger partial charge in [0.1, 0.15) is 16.9 Å². The van der Waals surface area contributed by atoms with E-state index in [-0.39, 0.29) is 17.6 Å². The van der Waals surface area contributed by atoms with Gasteiger partial charge in [-0.1, -0.05) is 36.4 Å². The molecule has 0 spiro atoms. The van der Waals surface area contributed by atoms with Gasteiger partial charge in [0.05, 0.1) is 0 Å². The SMILES string of the molecule is O=C(Nc1cccc(SC(C(=O)Nc2ccc(F)cc2)c2ccccc2)c1)c1ccc(F)cc1. The summed E-state index contributed by atoms with van der Waals surface area (Å²) in [6.45, 7) is 0. The van der Waals surface area contributed by atoms with Gasteiger partial charge in [-0.15, -0.1) is 11.8 Å². The largest absolute Gasteiger partial charge is 0.325 e. The van der Waals surface area contributed by atoms with Crippen LogP contribution in [0.25, 0.3) is 0 Å². The Labute approximate surface area is 200 Å². The van der Waals surface area contributed by atoms with Gasteiger partial charge < -0.3 is 10.6 Å². The molecule has 0 fully saturated rings. The molecule has 1 unspecified atom stereocenters. The van der Waals surface area contributed by atoms with Gasteiger partial charge in [0, 0.05) is 21.8 Å². The second kappa shape index (κ2) is 10.8. The van der Waals surface area contributed by atoms with Crippen molar-refractivity contribution < 1.29 is 18.4 Å². The van der Waals surface area contributed by atoms with Gasteiger partial charge >= 0.3 is 0 Å². The zero-order chi connectivity index (χ0) is 23.9. The first-order chi connectivity index (χ1) is 16.5. The fraction of sp³-hybridized carbons (Fsp3) is 0.0370. The molecule has 0 aliphatic rings. The van der Waals surface area contributed by atoms with Crippen molar-refractivity contribution in [1.82, 2.24) is 0 Å². The molecule has 2 amide bonds. The highest BCUT2D eigenvalue weighted by atomic mass is 32.2. The van der Waals surface area contributed by atoms with Crippen LogP contribution in [0.1, 0.15) is 21.2 Å². The number of rotatable bonds is 7. The molecule has 0 heterocycles. The van der Waals surface area contributed by atoms with Crippen molar-refractivity contribution in [2.45, 2.75) is 10.1 Å². The predicted molar refractivity (Wildman–Crippen MR) is 131 cm³/mol. The normalized spacial score (nSPS) is 11.5. The topological polar surface area (TPSA) is 58.2 Å². The Bertz CT molecular complexity index is 1280. The molecule has 4 aromatic carbocycles. The highest BCUT2D eigenvalue weighted by molar-refractivity contribution is 8.00. The molecule has 0 aromatic heterocycles. The minimum atomic E-state index is -0.589. The van der Waals surface area contributed by atoms with Crippen LogP contribution in [0, 0.1) is 11.6 Å². The third kappa shape index (κ3) is 6.08. The van der Waals surface area contributed by atoms with Gasteiger partial charge in [-0.3, -0.25) is 9.59 Å². The van der Waals surface area contributed by atoms with Crippen LogP contribution in [0.3, 0.4) is 0 Å². The van der Waals surface area contributed by atoms with Crippen molar-refractivity contribution >= 4 is 35.0 Å². The number of amides is 2. The zero-order valence-electron chi connectivity index (χ0n) is 17.9. The highest BCUT2D eigenvalue weighted by Gasteiger charge is 2.22. The number of halogens is 2. The fourth-order valence-corrected chi connectivity index (χ4v) is 4.31. The van der Waals surface area contributed by atoms with E-state index in [1.807, 2.05) is 36.4 Å². The van der Waals surface area contributed by atoms with Crippen LogP contribution in [-0.2, 0) is 4.79 Å². The molecule has 2 N–H and O–H groups in total. The molecular weight excluding hydrogens is 454 g/mol. The van der Waals surface area contributed by atoms with Crippen molar-refractivity contribution in [3.8, 4) is 0 Å². The van der Waals surface area contributed by atoms with Crippen LogP contribution in [0.2, 0.25) is 0 Å². The van der Waals surface area contributed by atoms with E-state index in [2.05, 4.69) is 10.6 Å². The number of hydrogen-bond acceptors (Lipinski definition) is 3. The van der Waals surface area contributed by atoms with Crippen molar-refractivity contribution in [2.24, 2.45) is 0 Å². The molecule has 0 aliphatic carbocycles. The van der Waals surface area contributed by atoms with Gasteiger partial charge in [-0.05, 0) is 72.3 Å². The first-order valence-corrected chi connectivity index (χ1v) is 11.3. The number of anilines is 2. The third-order valence-corrected chi connectivity index (χ3v) is 6.15. The summed E-state index contributed by atoms with van der Waals surface area (Å²) in [5.41, 5.74) is 2.17. The van der Waals surface area contributed by atoms with E-state index in [4.69, 9.17) is 0 Å². The summed E-state index contributed by atoms with van der Waals surface area (Å²) < 4.78 is 26.4. The molecule has 0 saturated carbocycles. The molecule has 0 radical (unpaired) electrons. The molecule has 4 nitrogen and oxygen atoms in total. The maximum Gasteiger partial charge on any atom is 0.255 e. The molecule has 0 saturated heterocycles. The van der Waals surface area contributed by atoms with Crippen molar-refractivity contribution in [3.63, 3.8) is 0 Å². The predicted octanol–water partition coefficient (Wildman–Crippen LogP) is 6.69. The van der Waals surface area contributed by atoms with E-state index in [9.17, 15) is 18.4 Å². The number of benzene rings is 4. The van der Waals surface area contributed by atoms with Crippen LogP contribution < -0.4 is 10.6 Å². The molecule has 0 aliphatic heterocycles. The second-order valence-electron chi connectivity index (χ2n) is 7.39. The van der Waals surface area contributed by atoms with Gasteiger partial charge in [-0.25, -0.2) is 8.78 Å². The van der Waals surface area contributed by atoms with Crippen LogP contribution >= 0.6 is 11.8 Å². The van der Waals surface area contributed by atoms with E-state index in [1.54, 1.807) is 18.2 Å². The maximum absolute atomic E-state index is 13.2. The van der Waals surface area contributed by atoms with Crippen molar-refractivity contribution in [3.05, 3.63) is 126 Å². The summed E-state index contributed by atoms with van der Waals surface area (Å²) >= 11 is 1.32. The Balaban J connectivity index is 1.53. The summed E-state index contributed by atoms with van der Waals surface area (Å²) in [5, 5.41) is 5.04. The quantitative estimate of drug-likeness (QED) is 0.294. The monoisotopic (exact) mass is 474 g/mol. The summed E-state index contributed by atoms with van der Waals surface area (Å²) in [7, 11) is 0. The fourth-order valence-electron chi connectivity index (χ4n) is 3.23. The average molecular weight is 475 g/mol. The van der Waals surface area contributed by atoms with Gasteiger partial charge in [-0.2, -0.15) is 0 Å². The molecule has 7 heteroatoms. The number of carbonyl (C=O) groups excluding carboxylic acids is 2. The van der Waals surface area contributed by atoms with Gasteiger partial charge in [0.15, 0.2) is 0 Å². The Kier molecular flexibility index (Phi) is 7.34. The lowest BCUT2D eigenvalue weighted by Gasteiger charge is -2.18. The Morgan fingerprint density at radius 1 is 0.676 bits per heavy atom. The van der Waals surface area contributed by atoms with E-state index < -0.39 is 11.1 Å². The minimum Gasteiger partial charge on any atom is -0.325 e. The standard InChI is InChI=1S/C27H20F2N2O2S/c28-20-11-9-19(10-12-20)26(32)31-23-7-4-8-24(17-23)34-25(18-5-2-1-3-6-18)27(33)30-22-15-13-21(29)14-16-22/h1-17,25H,(H,30,33)(H,31,32). The molecule has 34 heavy (non-hydrogen) atoms. The van der Waals surface area contributed by atoms with Gasteiger partial charge in [0.2, 0.25) is 5.91 Å². The summed E-state index contributed by atoms with van der Waals surface area (Å²) in [6, 6.07) is 27.3. The first kappa shape index (κ1) is 23.2. The van der Waals surface area contributed by atoms with E-state index in [1.165, 1.54) is 60.3 Å². The zero-order valence-corrected chi connectivity index (χ0v) is 18.7.